The minimum atomic E-state index is -0.242. The Labute approximate surface area is 142 Å². The van der Waals surface area contributed by atoms with Crippen LogP contribution in [0.3, 0.4) is 0 Å². The highest BCUT2D eigenvalue weighted by atomic mass is 19.1. The SMILES string of the molecule is CNN/C(=C\C(N)=NC1CCC(N)CC1)NCc1ccccc1F. The number of benzene rings is 1. The van der Waals surface area contributed by atoms with E-state index in [1.54, 1.807) is 31.3 Å². The van der Waals surface area contributed by atoms with Crippen LogP contribution in [0, 0.1) is 5.82 Å². The highest BCUT2D eigenvalue weighted by Gasteiger charge is 2.17. The van der Waals surface area contributed by atoms with Crippen molar-refractivity contribution in [3.8, 4) is 0 Å². The molecule has 132 valence electrons. The van der Waals surface area contributed by atoms with Crippen molar-refractivity contribution in [3.63, 3.8) is 0 Å². The molecule has 0 heterocycles. The lowest BCUT2D eigenvalue weighted by molar-refractivity contribution is 0.396. The second-order valence-corrected chi connectivity index (χ2v) is 6.00. The fraction of sp³-hybridized carbons (Fsp3) is 0.471. The Kier molecular flexibility index (Phi) is 7.02. The lowest BCUT2D eigenvalue weighted by atomic mass is 9.92. The number of amidine groups is 1. The first-order valence-corrected chi connectivity index (χ1v) is 8.29. The molecule has 0 spiro atoms. The van der Waals surface area contributed by atoms with E-state index in [9.17, 15) is 4.39 Å². The topological polar surface area (TPSA) is 100 Å². The number of hydrogen-bond donors (Lipinski definition) is 5. The van der Waals surface area contributed by atoms with Crippen LogP contribution in [-0.4, -0.2) is 25.0 Å². The molecule has 7 heteroatoms. The Morgan fingerprint density at radius 3 is 2.67 bits per heavy atom. The molecule has 1 aliphatic carbocycles. The van der Waals surface area contributed by atoms with E-state index in [4.69, 9.17) is 11.5 Å². The van der Waals surface area contributed by atoms with Crippen LogP contribution in [0.2, 0.25) is 0 Å². The number of aliphatic imine (C=N–C) groups is 1. The molecular weight excluding hydrogens is 307 g/mol. The molecule has 0 aliphatic heterocycles. The molecule has 1 aliphatic rings. The van der Waals surface area contributed by atoms with Crippen LogP contribution in [0.1, 0.15) is 31.2 Å². The smallest absolute Gasteiger partial charge is 0.128 e. The first-order chi connectivity index (χ1) is 11.6. The molecular formula is C17H27FN6. The van der Waals surface area contributed by atoms with Crippen LogP contribution in [0.4, 0.5) is 4.39 Å². The van der Waals surface area contributed by atoms with Gasteiger partial charge in [-0.2, -0.15) is 0 Å². The highest BCUT2D eigenvalue weighted by molar-refractivity contribution is 5.92. The van der Waals surface area contributed by atoms with Crippen LogP contribution in [0.25, 0.3) is 0 Å². The van der Waals surface area contributed by atoms with Gasteiger partial charge in [0.1, 0.15) is 17.5 Å². The van der Waals surface area contributed by atoms with Crippen molar-refractivity contribution in [2.24, 2.45) is 16.5 Å². The standard InChI is InChI=1S/C17H27FN6/c1-21-24-17(22-11-12-4-2-3-5-15(12)18)10-16(20)23-14-8-6-13(19)7-9-14/h2-5,10,13-14,21-22,24H,6-9,11,19H2,1H3,(H2,20,23)/b17-10-. The van der Waals surface area contributed by atoms with Crippen molar-refractivity contribution in [2.75, 3.05) is 7.05 Å². The molecule has 0 radical (unpaired) electrons. The molecule has 0 unspecified atom stereocenters. The van der Waals surface area contributed by atoms with E-state index in [0.29, 0.717) is 23.8 Å². The quantitative estimate of drug-likeness (QED) is 0.292. The van der Waals surface area contributed by atoms with E-state index >= 15 is 0 Å². The van der Waals surface area contributed by atoms with Crippen molar-refractivity contribution in [2.45, 2.75) is 44.3 Å². The lowest BCUT2D eigenvalue weighted by Crippen LogP contribution is -2.36. The van der Waals surface area contributed by atoms with Gasteiger partial charge in [0.05, 0.1) is 6.04 Å². The largest absolute Gasteiger partial charge is 0.384 e. The molecule has 0 atom stereocenters. The summed E-state index contributed by atoms with van der Waals surface area (Å²) in [7, 11) is 1.74. The van der Waals surface area contributed by atoms with Gasteiger partial charge in [-0.1, -0.05) is 18.2 Å². The summed E-state index contributed by atoms with van der Waals surface area (Å²) in [6.45, 7) is 0.346. The zero-order valence-corrected chi connectivity index (χ0v) is 14.1. The minimum Gasteiger partial charge on any atom is -0.384 e. The molecule has 7 N–H and O–H groups in total. The molecule has 24 heavy (non-hydrogen) atoms. The maximum atomic E-state index is 13.7. The van der Waals surface area contributed by atoms with Crippen molar-refractivity contribution in [1.29, 1.82) is 0 Å². The fourth-order valence-corrected chi connectivity index (χ4v) is 2.72. The Bertz CT molecular complexity index is 578. The average Bonchev–Trinajstić information content (AvgIpc) is 2.56. The summed E-state index contributed by atoms with van der Waals surface area (Å²) in [5, 5.41) is 3.12. The zero-order chi connectivity index (χ0) is 17.4. The number of hydrogen-bond acceptors (Lipinski definition) is 5. The third-order valence-corrected chi connectivity index (χ3v) is 4.05. The third kappa shape index (κ3) is 5.82. The van der Waals surface area contributed by atoms with Gasteiger partial charge in [0.2, 0.25) is 0 Å². The third-order valence-electron chi connectivity index (χ3n) is 4.05. The van der Waals surface area contributed by atoms with Crippen LogP contribution < -0.4 is 27.6 Å². The van der Waals surface area contributed by atoms with Gasteiger partial charge in [-0.05, 0) is 31.7 Å². The number of nitrogens with zero attached hydrogens (tertiary/aromatic N) is 1. The Morgan fingerprint density at radius 2 is 2.00 bits per heavy atom. The minimum absolute atomic E-state index is 0.225. The summed E-state index contributed by atoms with van der Waals surface area (Å²) in [4.78, 5) is 4.55. The van der Waals surface area contributed by atoms with Crippen molar-refractivity contribution < 1.29 is 4.39 Å². The summed E-state index contributed by atoms with van der Waals surface area (Å²) in [6, 6.07) is 7.17. The van der Waals surface area contributed by atoms with E-state index in [0.717, 1.165) is 25.7 Å². The fourth-order valence-electron chi connectivity index (χ4n) is 2.72. The van der Waals surface area contributed by atoms with Crippen LogP contribution in [0.5, 0.6) is 0 Å². The van der Waals surface area contributed by atoms with Gasteiger partial charge in [0, 0.05) is 31.3 Å². The van der Waals surface area contributed by atoms with E-state index in [-0.39, 0.29) is 17.9 Å². The lowest BCUT2D eigenvalue weighted by Gasteiger charge is -2.23. The molecule has 1 saturated carbocycles. The molecule has 1 fully saturated rings. The van der Waals surface area contributed by atoms with Crippen molar-refractivity contribution in [1.82, 2.24) is 16.2 Å². The van der Waals surface area contributed by atoms with Gasteiger partial charge in [-0.15, -0.1) is 0 Å². The van der Waals surface area contributed by atoms with Gasteiger partial charge in [-0.3, -0.25) is 4.99 Å². The normalized spacial score (nSPS) is 22.3. The molecule has 2 rings (SSSR count). The molecule has 0 aromatic heterocycles. The van der Waals surface area contributed by atoms with Gasteiger partial charge < -0.3 is 22.2 Å². The molecule has 6 nitrogen and oxygen atoms in total. The molecule has 0 saturated heterocycles. The first-order valence-electron chi connectivity index (χ1n) is 8.29. The first kappa shape index (κ1) is 18.2. The molecule has 1 aromatic carbocycles. The monoisotopic (exact) mass is 334 g/mol. The second-order valence-electron chi connectivity index (χ2n) is 6.00. The Hall–Kier alpha value is -2.12. The average molecular weight is 334 g/mol. The maximum absolute atomic E-state index is 13.7. The van der Waals surface area contributed by atoms with E-state index < -0.39 is 0 Å². The number of rotatable bonds is 7. The van der Waals surface area contributed by atoms with E-state index in [2.05, 4.69) is 21.2 Å². The van der Waals surface area contributed by atoms with Gasteiger partial charge in [-0.25, -0.2) is 9.82 Å². The molecule has 1 aromatic rings. The van der Waals surface area contributed by atoms with Gasteiger partial charge >= 0.3 is 0 Å². The number of nitrogens with two attached hydrogens (primary N) is 2. The Morgan fingerprint density at radius 1 is 1.29 bits per heavy atom. The van der Waals surface area contributed by atoms with Crippen molar-refractivity contribution >= 4 is 5.84 Å². The molecule has 0 bridgehead atoms. The zero-order valence-electron chi connectivity index (χ0n) is 14.1. The van der Waals surface area contributed by atoms with E-state index in [1.165, 1.54) is 6.07 Å². The predicted octanol–water partition coefficient (Wildman–Crippen LogP) is 1.11. The maximum Gasteiger partial charge on any atom is 0.128 e. The van der Waals surface area contributed by atoms with Crippen LogP contribution in [-0.2, 0) is 6.54 Å². The number of nitrogens with one attached hydrogen (secondary N) is 3. The predicted molar refractivity (Wildman–Crippen MR) is 95.4 cm³/mol. The Balaban J connectivity index is 1.97. The summed E-state index contributed by atoms with van der Waals surface area (Å²) < 4.78 is 13.7. The van der Waals surface area contributed by atoms with Crippen LogP contribution in [0.15, 0.2) is 41.2 Å². The summed E-state index contributed by atoms with van der Waals surface area (Å²) in [5.41, 5.74) is 18.3. The van der Waals surface area contributed by atoms with Gasteiger partial charge in [0.25, 0.3) is 0 Å². The second kappa shape index (κ2) is 9.24. The van der Waals surface area contributed by atoms with Crippen molar-refractivity contribution in [3.05, 3.63) is 47.5 Å². The number of halogens is 1. The van der Waals surface area contributed by atoms with E-state index in [1.807, 2.05) is 0 Å². The summed E-state index contributed by atoms with van der Waals surface area (Å²) in [5.74, 6) is 0.831. The summed E-state index contributed by atoms with van der Waals surface area (Å²) >= 11 is 0. The highest BCUT2D eigenvalue weighted by Crippen LogP contribution is 2.19. The summed E-state index contributed by atoms with van der Waals surface area (Å²) in [6.07, 6.45) is 5.61. The number of hydrazine groups is 1. The van der Waals surface area contributed by atoms with Crippen LogP contribution >= 0.6 is 0 Å². The molecule has 0 amide bonds. The van der Waals surface area contributed by atoms with Gasteiger partial charge in [0.15, 0.2) is 0 Å².